The van der Waals surface area contributed by atoms with Gasteiger partial charge in [-0.15, -0.1) is 0 Å². The molecule has 0 aliphatic carbocycles. The maximum absolute atomic E-state index is 6.32. The van der Waals surface area contributed by atoms with E-state index in [2.05, 4.69) is 48.5 Å². The first-order chi connectivity index (χ1) is 9.11. The van der Waals surface area contributed by atoms with Crippen LogP contribution in [0.2, 0.25) is 0 Å². The molecule has 2 aromatic rings. The van der Waals surface area contributed by atoms with Gasteiger partial charge in [0.1, 0.15) is 5.82 Å². The molecule has 0 saturated heterocycles. The molecule has 1 heterocycles. The topological polar surface area (TPSA) is 43.8 Å². The van der Waals surface area contributed by atoms with Crippen LogP contribution in [-0.2, 0) is 13.0 Å². The van der Waals surface area contributed by atoms with Crippen LogP contribution in [0.25, 0.3) is 0 Å². The summed E-state index contributed by atoms with van der Waals surface area (Å²) < 4.78 is 2.20. The number of rotatable bonds is 5. The fraction of sp³-hybridized carbons (Fsp3) is 0.438. The molecule has 0 aliphatic rings. The second kappa shape index (κ2) is 6.02. The summed E-state index contributed by atoms with van der Waals surface area (Å²) in [5, 5.41) is 0. The Morgan fingerprint density at radius 3 is 2.74 bits per heavy atom. The molecule has 19 heavy (non-hydrogen) atoms. The lowest BCUT2D eigenvalue weighted by molar-refractivity contribution is 0.598. The average Bonchev–Trinajstić information content (AvgIpc) is 2.80. The van der Waals surface area contributed by atoms with Crippen molar-refractivity contribution in [3.05, 3.63) is 53.1 Å². The lowest BCUT2D eigenvalue weighted by Crippen LogP contribution is -2.16. The zero-order valence-electron chi connectivity index (χ0n) is 12.1. The molecule has 2 N–H and O–H groups in total. The van der Waals surface area contributed by atoms with Crippen LogP contribution >= 0.6 is 0 Å². The van der Waals surface area contributed by atoms with Gasteiger partial charge in [-0.3, -0.25) is 0 Å². The van der Waals surface area contributed by atoms with E-state index in [4.69, 9.17) is 5.73 Å². The third-order valence-electron chi connectivity index (χ3n) is 3.63. The molecule has 1 aromatic carbocycles. The number of nitrogens with zero attached hydrogens (tertiary/aromatic N) is 2. The van der Waals surface area contributed by atoms with E-state index < -0.39 is 0 Å². The third kappa shape index (κ3) is 3.24. The van der Waals surface area contributed by atoms with Gasteiger partial charge in [0.15, 0.2) is 0 Å². The Labute approximate surface area is 115 Å². The molecular weight excluding hydrogens is 234 g/mol. The van der Waals surface area contributed by atoms with Crippen molar-refractivity contribution in [2.45, 2.75) is 46.2 Å². The number of aryl methyl sites for hydroxylation is 3. The van der Waals surface area contributed by atoms with E-state index in [9.17, 15) is 0 Å². The van der Waals surface area contributed by atoms with Gasteiger partial charge in [-0.2, -0.15) is 0 Å². The van der Waals surface area contributed by atoms with Gasteiger partial charge in [0, 0.05) is 31.4 Å². The van der Waals surface area contributed by atoms with Crippen LogP contribution in [0.3, 0.4) is 0 Å². The smallest absolute Gasteiger partial charge is 0.110 e. The maximum Gasteiger partial charge on any atom is 0.110 e. The van der Waals surface area contributed by atoms with Crippen LogP contribution in [0.5, 0.6) is 0 Å². The molecular formula is C16H23N3. The predicted molar refractivity (Wildman–Crippen MR) is 79.1 cm³/mol. The highest BCUT2D eigenvalue weighted by Gasteiger charge is 2.11. The van der Waals surface area contributed by atoms with Gasteiger partial charge in [-0.05, 0) is 37.0 Å². The zero-order valence-corrected chi connectivity index (χ0v) is 12.1. The van der Waals surface area contributed by atoms with Gasteiger partial charge in [0.05, 0.1) is 0 Å². The molecule has 0 saturated carbocycles. The van der Waals surface area contributed by atoms with Gasteiger partial charge >= 0.3 is 0 Å². The van der Waals surface area contributed by atoms with E-state index in [-0.39, 0.29) is 6.04 Å². The normalized spacial score (nSPS) is 12.6. The van der Waals surface area contributed by atoms with Gasteiger partial charge in [-0.25, -0.2) is 4.98 Å². The van der Waals surface area contributed by atoms with Gasteiger partial charge in [0.25, 0.3) is 0 Å². The quantitative estimate of drug-likeness (QED) is 0.894. The van der Waals surface area contributed by atoms with Crippen molar-refractivity contribution in [3.8, 4) is 0 Å². The van der Waals surface area contributed by atoms with Crippen molar-refractivity contribution in [1.82, 2.24) is 9.55 Å². The van der Waals surface area contributed by atoms with Gasteiger partial charge in [-0.1, -0.05) is 25.1 Å². The van der Waals surface area contributed by atoms with Crippen molar-refractivity contribution in [2.24, 2.45) is 5.73 Å². The number of aromatic nitrogens is 2. The molecule has 0 aliphatic heterocycles. The van der Waals surface area contributed by atoms with Crippen molar-refractivity contribution in [3.63, 3.8) is 0 Å². The van der Waals surface area contributed by atoms with Crippen molar-refractivity contribution >= 4 is 0 Å². The van der Waals surface area contributed by atoms with E-state index in [1.165, 1.54) is 16.7 Å². The van der Waals surface area contributed by atoms with Crippen LogP contribution in [0, 0.1) is 13.8 Å². The summed E-state index contributed by atoms with van der Waals surface area (Å²) in [5.41, 5.74) is 10.1. The van der Waals surface area contributed by atoms with Gasteiger partial charge < -0.3 is 10.3 Å². The Kier molecular flexibility index (Phi) is 4.38. The first kappa shape index (κ1) is 13.8. The van der Waals surface area contributed by atoms with Crippen LogP contribution in [0.4, 0.5) is 0 Å². The predicted octanol–water partition coefficient (Wildman–Crippen LogP) is 3.15. The minimum Gasteiger partial charge on any atom is -0.335 e. The molecule has 1 atom stereocenters. The second-order valence-corrected chi connectivity index (χ2v) is 5.19. The summed E-state index contributed by atoms with van der Waals surface area (Å²) in [6, 6.07) is 6.47. The molecule has 102 valence electrons. The Balaban J connectivity index is 2.13. The molecule has 3 heteroatoms. The third-order valence-corrected chi connectivity index (χ3v) is 3.63. The number of benzene rings is 1. The minimum absolute atomic E-state index is 0.0114. The van der Waals surface area contributed by atoms with E-state index in [0.717, 1.165) is 25.2 Å². The molecule has 0 amide bonds. The number of hydrogen-bond donors (Lipinski definition) is 1. The minimum atomic E-state index is 0.0114. The highest BCUT2D eigenvalue weighted by atomic mass is 15.1. The fourth-order valence-electron chi connectivity index (χ4n) is 2.28. The highest BCUT2D eigenvalue weighted by Crippen LogP contribution is 2.18. The van der Waals surface area contributed by atoms with Crippen LogP contribution in [-0.4, -0.2) is 9.55 Å². The molecule has 0 bridgehead atoms. The van der Waals surface area contributed by atoms with E-state index in [1.807, 2.05) is 12.4 Å². The van der Waals surface area contributed by atoms with E-state index in [0.29, 0.717) is 0 Å². The lowest BCUT2D eigenvalue weighted by Gasteiger charge is -2.14. The van der Waals surface area contributed by atoms with Gasteiger partial charge in [0.2, 0.25) is 0 Å². The number of imidazole rings is 1. The maximum atomic E-state index is 6.32. The van der Waals surface area contributed by atoms with E-state index in [1.54, 1.807) is 0 Å². The molecule has 0 radical (unpaired) electrons. The Hall–Kier alpha value is -1.61. The monoisotopic (exact) mass is 257 g/mol. The lowest BCUT2D eigenvalue weighted by atomic mass is 9.99. The Morgan fingerprint density at radius 2 is 2.05 bits per heavy atom. The summed E-state index contributed by atoms with van der Waals surface area (Å²) in [5.74, 6) is 1.08. The summed E-state index contributed by atoms with van der Waals surface area (Å²) in [6.07, 6.45) is 5.79. The molecule has 3 nitrogen and oxygen atoms in total. The molecule has 1 unspecified atom stereocenters. The van der Waals surface area contributed by atoms with E-state index >= 15 is 0 Å². The summed E-state index contributed by atoms with van der Waals surface area (Å²) in [6.45, 7) is 7.43. The SMILES string of the molecule is CCCn1ccnc1CC(N)c1ccc(C)c(C)c1. The average molecular weight is 257 g/mol. The van der Waals surface area contributed by atoms with Crippen LogP contribution in [0.15, 0.2) is 30.6 Å². The largest absolute Gasteiger partial charge is 0.335 e. The molecule has 0 fully saturated rings. The van der Waals surface area contributed by atoms with Crippen LogP contribution in [0.1, 0.15) is 41.9 Å². The Bertz CT molecular complexity index is 543. The molecule has 0 spiro atoms. The van der Waals surface area contributed by atoms with Crippen molar-refractivity contribution in [1.29, 1.82) is 0 Å². The van der Waals surface area contributed by atoms with Crippen LogP contribution < -0.4 is 5.73 Å². The number of hydrogen-bond acceptors (Lipinski definition) is 2. The standard InChI is InChI=1S/C16H23N3/c1-4-8-19-9-7-18-16(19)11-15(17)14-6-5-12(2)13(3)10-14/h5-7,9-10,15H,4,8,11,17H2,1-3H3. The fourth-order valence-corrected chi connectivity index (χ4v) is 2.28. The highest BCUT2D eigenvalue weighted by molar-refractivity contribution is 5.31. The zero-order chi connectivity index (χ0) is 13.8. The Morgan fingerprint density at radius 1 is 1.26 bits per heavy atom. The first-order valence-corrected chi connectivity index (χ1v) is 6.94. The molecule has 1 aromatic heterocycles. The number of nitrogens with two attached hydrogens (primary N) is 1. The van der Waals surface area contributed by atoms with Crippen molar-refractivity contribution in [2.75, 3.05) is 0 Å². The summed E-state index contributed by atoms with van der Waals surface area (Å²) in [7, 11) is 0. The summed E-state index contributed by atoms with van der Waals surface area (Å²) in [4.78, 5) is 4.42. The summed E-state index contributed by atoms with van der Waals surface area (Å²) >= 11 is 0. The first-order valence-electron chi connectivity index (χ1n) is 6.94. The second-order valence-electron chi connectivity index (χ2n) is 5.19. The molecule has 2 rings (SSSR count). The van der Waals surface area contributed by atoms with Crippen molar-refractivity contribution < 1.29 is 0 Å².